The predicted octanol–water partition coefficient (Wildman–Crippen LogP) is 2.87. The molecule has 1 aromatic carbocycles. The van der Waals surface area contributed by atoms with Crippen molar-refractivity contribution in [2.75, 3.05) is 45.8 Å². The highest BCUT2D eigenvalue weighted by atomic mass is 16.6. The van der Waals surface area contributed by atoms with Crippen LogP contribution in [0.3, 0.4) is 0 Å². The van der Waals surface area contributed by atoms with Crippen molar-refractivity contribution < 1.29 is 23.9 Å². The Hall–Kier alpha value is -2.89. The number of unbranched alkanes of at least 4 members (excludes halogenated alkanes) is 2. The van der Waals surface area contributed by atoms with Crippen LogP contribution in [0.5, 0.6) is 0 Å². The van der Waals surface area contributed by atoms with Gasteiger partial charge in [-0.15, -0.1) is 0 Å². The molecule has 0 saturated carbocycles. The maximum Gasteiger partial charge on any atom is 0.408 e. The Balaban J connectivity index is 2.62. The molecule has 0 aliphatic heterocycles. The number of rotatable bonds is 20. The van der Waals surface area contributed by atoms with Crippen LogP contribution in [0.1, 0.15) is 71.3 Å². The zero-order chi connectivity index (χ0) is 29.6. The third-order valence-corrected chi connectivity index (χ3v) is 5.92. The molecule has 7 N–H and O–H groups in total. The number of nitrogens with zero attached hydrogens (tertiary/aromatic N) is 1. The first-order chi connectivity index (χ1) is 19.2. The molecule has 0 bridgehead atoms. The summed E-state index contributed by atoms with van der Waals surface area (Å²) in [5, 5.41) is 8.86. The Kier molecular flexibility index (Phi) is 18.4. The van der Waals surface area contributed by atoms with Crippen LogP contribution < -0.4 is 27.4 Å². The van der Waals surface area contributed by atoms with Gasteiger partial charge in [-0.05, 0) is 97.5 Å². The quantitative estimate of drug-likeness (QED) is 0.151. The maximum atomic E-state index is 13.5. The zero-order valence-electron chi connectivity index (χ0n) is 24.7. The van der Waals surface area contributed by atoms with Crippen LogP contribution in [0.4, 0.5) is 9.59 Å². The number of nitrogens with one attached hydrogen (secondary N) is 3. The number of amides is 3. The molecule has 0 aromatic heterocycles. The van der Waals surface area contributed by atoms with Crippen molar-refractivity contribution in [2.24, 2.45) is 11.5 Å². The number of carbonyl (C=O) groups excluding carboxylic acids is 3. The van der Waals surface area contributed by atoms with Gasteiger partial charge in [-0.1, -0.05) is 30.3 Å². The van der Waals surface area contributed by atoms with E-state index in [2.05, 4.69) is 16.0 Å². The van der Waals surface area contributed by atoms with Crippen LogP contribution >= 0.6 is 0 Å². The van der Waals surface area contributed by atoms with E-state index in [0.717, 1.165) is 37.9 Å². The van der Waals surface area contributed by atoms with Crippen molar-refractivity contribution in [3.63, 3.8) is 0 Å². The zero-order valence-corrected chi connectivity index (χ0v) is 24.7. The molecule has 1 rings (SSSR count). The third kappa shape index (κ3) is 17.6. The Labute approximate surface area is 240 Å². The van der Waals surface area contributed by atoms with Crippen LogP contribution in [-0.4, -0.2) is 80.4 Å². The standard InChI is InChI=1S/C29H52N6O5/c1-29(2,3)40-28(38)34-25(15-7-8-20-33-27(37)39-23-24-13-5-4-6-14-24)26(36)35(22-12-17-31)21-10-9-18-32-19-11-16-30/h4-6,13-14,25,32H,7-12,15-23,30-31H2,1-3H3,(H,33,37)(H,34,38). The monoisotopic (exact) mass is 564 g/mol. The van der Waals surface area contributed by atoms with E-state index in [0.29, 0.717) is 58.4 Å². The molecule has 1 atom stereocenters. The molecule has 0 radical (unpaired) electrons. The van der Waals surface area contributed by atoms with Gasteiger partial charge in [-0.2, -0.15) is 0 Å². The SMILES string of the molecule is CC(C)(C)OC(=O)NC(CCCCNC(=O)OCc1ccccc1)C(=O)N(CCCN)CCCCNCCCN. The van der Waals surface area contributed by atoms with Crippen LogP contribution in [0, 0.1) is 0 Å². The van der Waals surface area contributed by atoms with Crippen molar-refractivity contribution in [2.45, 2.75) is 84.0 Å². The number of alkyl carbamates (subject to hydrolysis) is 2. The second-order valence-corrected chi connectivity index (χ2v) is 10.7. The molecule has 11 heteroatoms. The van der Waals surface area contributed by atoms with Gasteiger partial charge in [-0.3, -0.25) is 4.79 Å². The van der Waals surface area contributed by atoms with Gasteiger partial charge >= 0.3 is 12.2 Å². The number of hydrogen-bond donors (Lipinski definition) is 5. The van der Waals surface area contributed by atoms with E-state index in [1.165, 1.54) is 0 Å². The van der Waals surface area contributed by atoms with Crippen molar-refractivity contribution in [1.29, 1.82) is 0 Å². The molecule has 3 amide bonds. The maximum absolute atomic E-state index is 13.5. The molecular weight excluding hydrogens is 512 g/mol. The lowest BCUT2D eigenvalue weighted by molar-refractivity contribution is -0.133. The van der Waals surface area contributed by atoms with E-state index in [9.17, 15) is 14.4 Å². The van der Waals surface area contributed by atoms with E-state index in [1.807, 2.05) is 30.3 Å². The number of hydrogen-bond acceptors (Lipinski definition) is 8. The molecule has 40 heavy (non-hydrogen) atoms. The molecule has 1 unspecified atom stereocenters. The lowest BCUT2D eigenvalue weighted by Crippen LogP contribution is -2.50. The summed E-state index contributed by atoms with van der Waals surface area (Å²) in [6.07, 6.45) is 3.90. The fourth-order valence-electron chi connectivity index (χ4n) is 3.88. The highest BCUT2D eigenvalue weighted by molar-refractivity contribution is 5.85. The van der Waals surface area contributed by atoms with Crippen LogP contribution in [-0.2, 0) is 20.9 Å². The third-order valence-electron chi connectivity index (χ3n) is 5.92. The first kappa shape index (κ1) is 35.1. The van der Waals surface area contributed by atoms with Gasteiger partial charge < -0.3 is 41.8 Å². The average molecular weight is 565 g/mol. The van der Waals surface area contributed by atoms with E-state index < -0.39 is 23.8 Å². The van der Waals surface area contributed by atoms with Gasteiger partial charge in [0.15, 0.2) is 0 Å². The van der Waals surface area contributed by atoms with E-state index >= 15 is 0 Å². The largest absolute Gasteiger partial charge is 0.445 e. The summed E-state index contributed by atoms with van der Waals surface area (Å²) in [5.74, 6) is -0.148. The molecule has 0 aliphatic rings. The Morgan fingerprint density at radius 3 is 2.17 bits per heavy atom. The Morgan fingerprint density at radius 2 is 1.50 bits per heavy atom. The average Bonchev–Trinajstić information content (AvgIpc) is 2.91. The number of nitrogens with two attached hydrogens (primary N) is 2. The normalized spacial score (nSPS) is 11.9. The van der Waals surface area contributed by atoms with Gasteiger partial charge in [-0.25, -0.2) is 9.59 Å². The van der Waals surface area contributed by atoms with Crippen molar-refractivity contribution in [3.8, 4) is 0 Å². The summed E-state index contributed by atoms with van der Waals surface area (Å²) in [5.41, 5.74) is 11.5. The highest BCUT2D eigenvalue weighted by Gasteiger charge is 2.27. The minimum Gasteiger partial charge on any atom is -0.445 e. The second kappa shape index (κ2) is 20.9. The lowest BCUT2D eigenvalue weighted by Gasteiger charge is -2.29. The molecule has 0 aliphatic carbocycles. The van der Waals surface area contributed by atoms with E-state index in [-0.39, 0.29) is 12.5 Å². The van der Waals surface area contributed by atoms with Crippen LogP contribution in [0.2, 0.25) is 0 Å². The second-order valence-electron chi connectivity index (χ2n) is 10.7. The highest BCUT2D eigenvalue weighted by Crippen LogP contribution is 2.11. The first-order valence-electron chi connectivity index (χ1n) is 14.5. The van der Waals surface area contributed by atoms with Gasteiger partial charge in [0.25, 0.3) is 0 Å². The number of ether oxygens (including phenoxy) is 2. The van der Waals surface area contributed by atoms with Crippen LogP contribution in [0.25, 0.3) is 0 Å². The summed E-state index contributed by atoms with van der Waals surface area (Å²) in [6, 6.07) is 8.72. The smallest absolute Gasteiger partial charge is 0.408 e. The fraction of sp³-hybridized carbons (Fsp3) is 0.690. The topological polar surface area (TPSA) is 161 Å². The minimum absolute atomic E-state index is 0.148. The van der Waals surface area contributed by atoms with E-state index in [1.54, 1.807) is 25.7 Å². The van der Waals surface area contributed by atoms with Gasteiger partial charge in [0.05, 0.1) is 0 Å². The molecule has 0 spiro atoms. The molecule has 1 aromatic rings. The fourth-order valence-corrected chi connectivity index (χ4v) is 3.88. The Morgan fingerprint density at radius 1 is 0.850 bits per heavy atom. The lowest BCUT2D eigenvalue weighted by atomic mass is 10.1. The Bertz CT molecular complexity index is 834. The predicted molar refractivity (Wildman–Crippen MR) is 158 cm³/mol. The summed E-state index contributed by atoms with van der Waals surface area (Å²) in [4.78, 5) is 39.9. The van der Waals surface area contributed by atoms with Crippen molar-refractivity contribution in [1.82, 2.24) is 20.9 Å². The van der Waals surface area contributed by atoms with Crippen LogP contribution in [0.15, 0.2) is 30.3 Å². The van der Waals surface area contributed by atoms with E-state index in [4.69, 9.17) is 20.9 Å². The minimum atomic E-state index is -0.736. The van der Waals surface area contributed by atoms with Crippen molar-refractivity contribution in [3.05, 3.63) is 35.9 Å². The molecule has 0 fully saturated rings. The summed E-state index contributed by atoms with van der Waals surface area (Å²) >= 11 is 0. The number of carbonyl (C=O) groups is 3. The van der Waals surface area contributed by atoms with Gasteiger partial charge in [0.1, 0.15) is 18.2 Å². The molecule has 0 heterocycles. The summed E-state index contributed by atoms with van der Waals surface area (Å²) in [7, 11) is 0. The summed E-state index contributed by atoms with van der Waals surface area (Å²) in [6.45, 7) is 9.92. The first-order valence-corrected chi connectivity index (χ1v) is 14.5. The molecular formula is C29H52N6O5. The molecule has 228 valence electrons. The van der Waals surface area contributed by atoms with Gasteiger partial charge in [0, 0.05) is 19.6 Å². The molecule has 0 saturated heterocycles. The molecule has 11 nitrogen and oxygen atoms in total. The van der Waals surface area contributed by atoms with Crippen molar-refractivity contribution >= 4 is 18.1 Å². The number of benzene rings is 1. The summed E-state index contributed by atoms with van der Waals surface area (Å²) < 4.78 is 10.6. The van der Waals surface area contributed by atoms with Gasteiger partial charge in [0.2, 0.25) is 5.91 Å².